The Balaban J connectivity index is 2.11. The second-order valence-electron chi connectivity index (χ2n) is 6.09. The van der Waals surface area contributed by atoms with Crippen molar-refractivity contribution in [1.29, 1.82) is 0 Å². The molecule has 1 aliphatic heterocycles. The Morgan fingerprint density at radius 1 is 1.19 bits per heavy atom. The fourth-order valence-corrected chi connectivity index (χ4v) is 3.29. The predicted octanol–water partition coefficient (Wildman–Crippen LogP) is 3.17. The van der Waals surface area contributed by atoms with Crippen LogP contribution in [0, 0.1) is 5.82 Å². The minimum Gasteiger partial charge on any atom is -0.477 e. The average molecular weight is 367 g/mol. The molecule has 27 heavy (non-hydrogen) atoms. The van der Waals surface area contributed by atoms with Gasteiger partial charge in [0.1, 0.15) is 17.1 Å². The van der Waals surface area contributed by atoms with Gasteiger partial charge in [0.15, 0.2) is 0 Å². The Morgan fingerprint density at radius 2 is 1.93 bits per heavy atom. The molecule has 0 unspecified atom stereocenters. The second-order valence-corrected chi connectivity index (χ2v) is 6.09. The smallest absolute Gasteiger partial charge is 0.341 e. The van der Waals surface area contributed by atoms with Crippen LogP contribution in [0.2, 0.25) is 0 Å². The van der Waals surface area contributed by atoms with Crippen molar-refractivity contribution in [1.82, 2.24) is 4.57 Å². The van der Waals surface area contributed by atoms with Crippen molar-refractivity contribution in [3.63, 3.8) is 0 Å². The van der Waals surface area contributed by atoms with Crippen LogP contribution in [0.4, 0.5) is 21.5 Å². The van der Waals surface area contributed by atoms with E-state index in [4.69, 9.17) is 0 Å². The zero-order valence-electron chi connectivity index (χ0n) is 14.2. The van der Waals surface area contributed by atoms with Crippen LogP contribution in [-0.2, 0) is 6.54 Å². The highest BCUT2D eigenvalue weighted by atomic mass is 19.1. The summed E-state index contributed by atoms with van der Waals surface area (Å²) >= 11 is 0. The van der Waals surface area contributed by atoms with E-state index in [1.165, 1.54) is 10.8 Å². The van der Waals surface area contributed by atoms with Crippen LogP contribution >= 0.6 is 0 Å². The minimum absolute atomic E-state index is 0.0190. The number of carbonyl (C=O) groups excluding carboxylic acids is 1. The zero-order valence-corrected chi connectivity index (χ0v) is 14.2. The van der Waals surface area contributed by atoms with Crippen molar-refractivity contribution < 1.29 is 19.1 Å². The number of nitrogens with zero attached hydrogens (tertiary/aromatic N) is 1. The molecule has 0 spiro atoms. The monoisotopic (exact) mass is 367 g/mol. The fourth-order valence-electron chi connectivity index (χ4n) is 3.29. The molecule has 0 fully saturated rings. The first-order valence-corrected chi connectivity index (χ1v) is 8.22. The Morgan fingerprint density at radius 3 is 2.63 bits per heavy atom. The molecule has 0 saturated carbocycles. The molecule has 1 amide bonds. The Hall–Kier alpha value is -3.68. The highest BCUT2D eigenvalue weighted by Crippen LogP contribution is 2.38. The Kier molecular flexibility index (Phi) is 3.69. The van der Waals surface area contributed by atoms with Gasteiger partial charge in [-0.3, -0.25) is 9.59 Å². The number of nitrogens with one attached hydrogen (secondary N) is 2. The number of hydrogen-bond donors (Lipinski definition) is 3. The average Bonchev–Trinajstić information content (AvgIpc) is 2.79. The molecular weight excluding hydrogens is 353 g/mol. The molecule has 1 aromatic heterocycles. The number of anilines is 3. The van der Waals surface area contributed by atoms with Gasteiger partial charge in [-0.2, -0.15) is 0 Å². The third kappa shape index (κ3) is 2.45. The lowest BCUT2D eigenvalue weighted by Crippen LogP contribution is -2.20. The standard InChI is InChI=1S/C19H14FN3O4/c1-2-23-8-11(19(26)27)17(24)10-7-12(20)14-15(16(10)23)22-18(25)9-5-3-4-6-13(9)21-14/h3-8,21H,2H2,1H3,(H,22,25)(H,26,27). The van der Waals surface area contributed by atoms with E-state index in [2.05, 4.69) is 10.6 Å². The molecule has 3 N–H and O–H groups in total. The summed E-state index contributed by atoms with van der Waals surface area (Å²) in [5, 5.41) is 14.7. The number of pyridine rings is 1. The van der Waals surface area contributed by atoms with Crippen LogP contribution in [0.15, 0.2) is 41.3 Å². The summed E-state index contributed by atoms with van der Waals surface area (Å²) in [5.41, 5.74) is -0.127. The van der Waals surface area contributed by atoms with Gasteiger partial charge in [-0.25, -0.2) is 9.18 Å². The van der Waals surface area contributed by atoms with Crippen molar-refractivity contribution >= 4 is 39.8 Å². The molecule has 2 aromatic carbocycles. The summed E-state index contributed by atoms with van der Waals surface area (Å²) in [5.74, 6) is -2.62. The number of hydrogen-bond acceptors (Lipinski definition) is 4. The number of carbonyl (C=O) groups is 2. The molecular formula is C19H14FN3O4. The van der Waals surface area contributed by atoms with Crippen LogP contribution in [0.1, 0.15) is 27.6 Å². The second kappa shape index (κ2) is 5.94. The summed E-state index contributed by atoms with van der Waals surface area (Å²) in [6, 6.07) is 7.64. The first-order valence-electron chi connectivity index (χ1n) is 8.22. The summed E-state index contributed by atoms with van der Waals surface area (Å²) in [6.07, 6.45) is 1.20. The fraction of sp³-hybridized carbons (Fsp3) is 0.105. The first kappa shape index (κ1) is 16.8. The quantitative estimate of drug-likeness (QED) is 0.646. The predicted molar refractivity (Wildman–Crippen MR) is 98.5 cm³/mol. The van der Waals surface area contributed by atoms with Gasteiger partial charge in [0.05, 0.1) is 27.8 Å². The van der Waals surface area contributed by atoms with E-state index in [1.807, 2.05) is 0 Å². The molecule has 8 heteroatoms. The lowest BCUT2D eigenvalue weighted by atomic mass is 10.1. The van der Waals surface area contributed by atoms with Gasteiger partial charge in [-0.15, -0.1) is 0 Å². The summed E-state index contributed by atoms with van der Waals surface area (Å²) in [7, 11) is 0. The number of aromatic carboxylic acids is 1. The van der Waals surface area contributed by atoms with Crippen LogP contribution in [-0.4, -0.2) is 21.6 Å². The summed E-state index contributed by atoms with van der Waals surface area (Å²) < 4.78 is 16.4. The van der Waals surface area contributed by atoms with Gasteiger partial charge in [0.25, 0.3) is 5.91 Å². The SMILES string of the molecule is CCn1cc(C(=O)O)c(=O)c2cc(F)c3c(c21)NC(=O)c1ccccc1N3. The zero-order chi connectivity index (χ0) is 19.3. The topological polar surface area (TPSA) is 100 Å². The van der Waals surface area contributed by atoms with E-state index in [0.29, 0.717) is 17.8 Å². The van der Waals surface area contributed by atoms with E-state index in [9.17, 15) is 23.9 Å². The van der Waals surface area contributed by atoms with Gasteiger partial charge in [-0.05, 0) is 25.1 Å². The number of aromatic nitrogens is 1. The van der Waals surface area contributed by atoms with Crippen molar-refractivity contribution in [2.75, 3.05) is 10.6 Å². The normalized spacial score (nSPS) is 12.6. The van der Waals surface area contributed by atoms with Crippen LogP contribution in [0.3, 0.4) is 0 Å². The number of fused-ring (bicyclic) bond motifs is 4. The molecule has 136 valence electrons. The third-order valence-corrected chi connectivity index (χ3v) is 4.55. The van der Waals surface area contributed by atoms with Crippen molar-refractivity contribution in [3.8, 4) is 0 Å². The van der Waals surface area contributed by atoms with Gasteiger partial charge in [0, 0.05) is 12.7 Å². The Bertz CT molecular complexity index is 1200. The lowest BCUT2D eigenvalue weighted by molar-refractivity contribution is 0.0694. The summed E-state index contributed by atoms with van der Waals surface area (Å²) in [4.78, 5) is 36.6. The van der Waals surface area contributed by atoms with Gasteiger partial charge < -0.3 is 20.3 Å². The number of para-hydroxylation sites is 1. The first-order chi connectivity index (χ1) is 12.9. The number of amides is 1. The van der Waals surface area contributed by atoms with Crippen molar-refractivity contribution in [2.24, 2.45) is 0 Å². The number of benzene rings is 2. The number of carboxylic acids is 1. The van der Waals surface area contributed by atoms with Gasteiger partial charge >= 0.3 is 5.97 Å². The Labute approximate surface area is 152 Å². The van der Waals surface area contributed by atoms with E-state index in [1.54, 1.807) is 31.2 Å². The molecule has 0 bridgehead atoms. The lowest BCUT2D eigenvalue weighted by Gasteiger charge is -2.17. The largest absolute Gasteiger partial charge is 0.477 e. The molecule has 3 aromatic rings. The molecule has 0 atom stereocenters. The van der Waals surface area contributed by atoms with Crippen LogP contribution in [0.25, 0.3) is 10.9 Å². The van der Waals surface area contributed by atoms with Gasteiger partial charge in [0.2, 0.25) is 5.43 Å². The highest BCUT2D eigenvalue weighted by molar-refractivity contribution is 6.16. The molecule has 1 aliphatic rings. The van der Waals surface area contributed by atoms with Crippen molar-refractivity contribution in [2.45, 2.75) is 13.5 Å². The van der Waals surface area contributed by atoms with E-state index < -0.39 is 28.7 Å². The number of aryl methyl sites for hydroxylation is 1. The molecule has 2 heterocycles. The molecule has 0 saturated heterocycles. The van der Waals surface area contributed by atoms with Crippen LogP contribution in [0.5, 0.6) is 0 Å². The van der Waals surface area contributed by atoms with Crippen molar-refractivity contribution in [3.05, 3.63) is 63.7 Å². The van der Waals surface area contributed by atoms with E-state index in [0.717, 1.165) is 6.07 Å². The molecule has 0 radical (unpaired) electrons. The molecule has 0 aliphatic carbocycles. The van der Waals surface area contributed by atoms with Crippen LogP contribution < -0.4 is 16.1 Å². The molecule has 7 nitrogen and oxygen atoms in total. The minimum atomic E-state index is -1.39. The third-order valence-electron chi connectivity index (χ3n) is 4.55. The highest BCUT2D eigenvalue weighted by Gasteiger charge is 2.26. The number of rotatable bonds is 2. The number of halogens is 1. The van der Waals surface area contributed by atoms with E-state index in [-0.39, 0.29) is 22.3 Å². The van der Waals surface area contributed by atoms with Gasteiger partial charge in [-0.1, -0.05) is 12.1 Å². The van der Waals surface area contributed by atoms with E-state index >= 15 is 0 Å². The maximum atomic E-state index is 14.8. The molecule has 4 rings (SSSR count). The maximum absolute atomic E-state index is 14.8. The summed E-state index contributed by atoms with van der Waals surface area (Å²) in [6.45, 7) is 2.07. The maximum Gasteiger partial charge on any atom is 0.341 e. The number of carboxylic acid groups (broad SMARTS) is 1.